The minimum Gasteiger partial charge on any atom is -0.353 e. The Morgan fingerprint density at radius 1 is 1.44 bits per heavy atom. The third-order valence-electron chi connectivity index (χ3n) is 5.35. The molecular weight excluding hydrogens is 222 g/mol. The van der Waals surface area contributed by atoms with Gasteiger partial charge in [0.25, 0.3) is 0 Å². The van der Waals surface area contributed by atoms with E-state index in [-0.39, 0.29) is 5.54 Å². The van der Waals surface area contributed by atoms with Crippen molar-refractivity contribution in [1.82, 2.24) is 5.32 Å². The van der Waals surface area contributed by atoms with E-state index in [0.717, 1.165) is 24.7 Å². The first-order chi connectivity index (χ1) is 8.48. The van der Waals surface area contributed by atoms with Crippen LogP contribution in [-0.2, 0) is 4.79 Å². The Labute approximate surface area is 111 Å². The number of carbonyl (C=O) groups excluding carboxylic acids is 1. The molecule has 0 bridgehead atoms. The van der Waals surface area contributed by atoms with Gasteiger partial charge < -0.3 is 5.32 Å². The lowest BCUT2D eigenvalue weighted by molar-refractivity contribution is -0.113. The molecule has 1 amide bonds. The molecule has 102 valence electrons. The molecule has 1 N–H and O–H groups in total. The third kappa shape index (κ3) is 2.34. The van der Waals surface area contributed by atoms with Crippen LogP contribution >= 0.6 is 0 Å². The zero-order chi connectivity index (χ0) is 13.3. The van der Waals surface area contributed by atoms with E-state index in [1.54, 1.807) is 0 Å². The molecule has 2 rings (SSSR count). The molecule has 0 unspecified atom stereocenters. The van der Waals surface area contributed by atoms with Crippen molar-refractivity contribution in [2.24, 2.45) is 23.7 Å². The van der Waals surface area contributed by atoms with E-state index in [9.17, 15) is 4.79 Å². The quantitative estimate of drug-likeness (QED) is 0.601. The molecule has 0 aromatic heterocycles. The molecule has 2 aliphatic rings. The van der Waals surface area contributed by atoms with E-state index in [4.69, 9.17) is 0 Å². The normalized spacial score (nSPS) is 40.1. The molecule has 2 aliphatic carbocycles. The SMILES string of the molecule is CC1=C[C@@H]2[C@@H](C(C)C)CC[C@](C)(NC=O)[C@H]2CC1. The van der Waals surface area contributed by atoms with Gasteiger partial charge >= 0.3 is 0 Å². The van der Waals surface area contributed by atoms with Crippen LogP contribution in [0.25, 0.3) is 0 Å². The Kier molecular flexibility index (Phi) is 3.84. The van der Waals surface area contributed by atoms with Crippen molar-refractivity contribution in [2.45, 2.75) is 58.9 Å². The highest BCUT2D eigenvalue weighted by Gasteiger charge is 2.46. The summed E-state index contributed by atoms with van der Waals surface area (Å²) in [5.41, 5.74) is 1.55. The molecule has 0 aliphatic heterocycles. The zero-order valence-corrected chi connectivity index (χ0v) is 12.2. The number of hydrogen-bond donors (Lipinski definition) is 1. The topological polar surface area (TPSA) is 29.1 Å². The molecule has 1 saturated carbocycles. The van der Waals surface area contributed by atoms with Gasteiger partial charge in [-0.15, -0.1) is 0 Å². The van der Waals surface area contributed by atoms with Crippen LogP contribution in [0.5, 0.6) is 0 Å². The van der Waals surface area contributed by atoms with E-state index in [0.29, 0.717) is 11.8 Å². The maximum atomic E-state index is 10.9. The molecule has 4 atom stereocenters. The number of amides is 1. The Hall–Kier alpha value is -0.790. The first-order valence-electron chi connectivity index (χ1n) is 7.36. The van der Waals surface area contributed by atoms with Crippen LogP contribution in [0.1, 0.15) is 53.4 Å². The summed E-state index contributed by atoms with van der Waals surface area (Å²) in [7, 11) is 0. The number of fused-ring (bicyclic) bond motifs is 1. The molecule has 0 saturated heterocycles. The molecule has 0 aromatic rings. The van der Waals surface area contributed by atoms with E-state index in [1.807, 2.05) is 0 Å². The van der Waals surface area contributed by atoms with Crippen LogP contribution < -0.4 is 5.32 Å². The molecule has 0 heterocycles. The lowest BCUT2D eigenvalue weighted by Crippen LogP contribution is -2.56. The van der Waals surface area contributed by atoms with Crippen LogP contribution in [0.3, 0.4) is 0 Å². The lowest BCUT2D eigenvalue weighted by atomic mass is 9.57. The van der Waals surface area contributed by atoms with E-state index in [1.165, 1.54) is 24.8 Å². The molecule has 18 heavy (non-hydrogen) atoms. The molecule has 2 nitrogen and oxygen atoms in total. The highest BCUT2D eigenvalue weighted by molar-refractivity contribution is 5.48. The smallest absolute Gasteiger partial charge is 0.207 e. The fourth-order valence-corrected chi connectivity index (χ4v) is 4.20. The predicted octanol–water partition coefficient (Wildman–Crippen LogP) is 3.53. The van der Waals surface area contributed by atoms with Crippen LogP contribution in [0, 0.1) is 23.7 Å². The van der Waals surface area contributed by atoms with Gasteiger partial charge in [0.05, 0.1) is 0 Å². The largest absolute Gasteiger partial charge is 0.353 e. The van der Waals surface area contributed by atoms with Gasteiger partial charge in [-0.1, -0.05) is 25.5 Å². The standard InChI is InChI=1S/C16H27NO/c1-11(2)13-7-8-16(4,17-10-18)15-6-5-12(3)9-14(13)15/h9-11,13-15H,5-8H2,1-4H3,(H,17,18)/t13-,14-,15+,16+/m1/s1. The average Bonchev–Trinajstić information content (AvgIpc) is 2.28. The maximum Gasteiger partial charge on any atom is 0.207 e. The van der Waals surface area contributed by atoms with Gasteiger partial charge in [-0.25, -0.2) is 0 Å². The van der Waals surface area contributed by atoms with E-state index < -0.39 is 0 Å². The van der Waals surface area contributed by atoms with Gasteiger partial charge in [0.15, 0.2) is 0 Å². The molecule has 0 radical (unpaired) electrons. The van der Waals surface area contributed by atoms with Gasteiger partial charge in [-0.05, 0) is 63.2 Å². The second kappa shape index (κ2) is 5.07. The fraction of sp³-hybridized carbons (Fsp3) is 0.812. The Balaban J connectivity index is 2.29. The Morgan fingerprint density at radius 2 is 2.17 bits per heavy atom. The predicted molar refractivity (Wildman–Crippen MR) is 75.1 cm³/mol. The number of allylic oxidation sites excluding steroid dienone is 2. The van der Waals surface area contributed by atoms with Crippen molar-refractivity contribution >= 4 is 6.41 Å². The lowest BCUT2D eigenvalue weighted by Gasteiger charge is -2.51. The van der Waals surface area contributed by atoms with Gasteiger partial charge in [0.1, 0.15) is 0 Å². The second-order valence-electron chi connectivity index (χ2n) is 6.86. The van der Waals surface area contributed by atoms with Crippen molar-refractivity contribution in [3.05, 3.63) is 11.6 Å². The number of rotatable bonds is 3. The van der Waals surface area contributed by atoms with Crippen LogP contribution in [0.4, 0.5) is 0 Å². The summed E-state index contributed by atoms with van der Waals surface area (Å²) in [5.74, 6) is 2.80. The van der Waals surface area contributed by atoms with Crippen LogP contribution in [0.15, 0.2) is 11.6 Å². The summed E-state index contributed by atoms with van der Waals surface area (Å²) in [6.45, 7) is 9.18. The third-order valence-corrected chi connectivity index (χ3v) is 5.35. The molecule has 0 aromatic carbocycles. The van der Waals surface area contributed by atoms with Crippen LogP contribution in [-0.4, -0.2) is 11.9 Å². The second-order valence-corrected chi connectivity index (χ2v) is 6.86. The highest BCUT2D eigenvalue weighted by Crippen LogP contribution is 2.49. The fourth-order valence-electron chi connectivity index (χ4n) is 4.20. The number of nitrogens with one attached hydrogen (secondary N) is 1. The van der Waals surface area contributed by atoms with Crippen molar-refractivity contribution in [2.75, 3.05) is 0 Å². The van der Waals surface area contributed by atoms with Crippen molar-refractivity contribution in [1.29, 1.82) is 0 Å². The monoisotopic (exact) mass is 249 g/mol. The maximum absolute atomic E-state index is 10.9. The van der Waals surface area contributed by atoms with Crippen molar-refractivity contribution < 1.29 is 4.79 Å². The Bertz CT molecular complexity index is 347. The zero-order valence-electron chi connectivity index (χ0n) is 12.2. The summed E-state index contributed by atoms with van der Waals surface area (Å²) in [6.07, 6.45) is 8.19. The summed E-state index contributed by atoms with van der Waals surface area (Å²) >= 11 is 0. The summed E-state index contributed by atoms with van der Waals surface area (Å²) in [5, 5.41) is 3.12. The minimum atomic E-state index is 0.00894. The highest BCUT2D eigenvalue weighted by atomic mass is 16.1. The van der Waals surface area contributed by atoms with Gasteiger partial charge in [0.2, 0.25) is 6.41 Å². The first-order valence-corrected chi connectivity index (χ1v) is 7.36. The summed E-state index contributed by atoms with van der Waals surface area (Å²) in [4.78, 5) is 10.9. The molecule has 0 spiro atoms. The molecule has 2 heteroatoms. The minimum absolute atomic E-state index is 0.00894. The summed E-state index contributed by atoms with van der Waals surface area (Å²) < 4.78 is 0. The van der Waals surface area contributed by atoms with E-state index in [2.05, 4.69) is 39.1 Å². The van der Waals surface area contributed by atoms with Crippen LogP contribution in [0.2, 0.25) is 0 Å². The number of carbonyl (C=O) groups is 1. The van der Waals surface area contributed by atoms with Gasteiger partial charge in [0, 0.05) is 5.54 Å². The van der Waals surface area contributed by atoms with Gasteiger partial charge in [-0.2, -0.15) is 0 Å². The number of hydrogen-bond acceptors (Lipinski definition) is 1. The summed E-state index contributed by atoms with van der Waals surface area (Å²) in [6, 6.07) is 0. The van der Waals surface area contributed by atoms with Crippen molar-refractivity contribution in [3.8, 4) is 0 Å². The Morgan fingerprint density at radius 3 is 2.78 bits per heavy atom. The van der Waals surface area contributed by atoms with E-state index >= 15 is 0 Å². The van der Waals surface area contributed by atoms with Gasteiger partial charge in [-0.3, -0.25) is 4.79 Å². The molecular formula is C16H27NO. The average molecular weight is 249 g/mol. The molecule has 1 fully saturated rings. The first kappa shape index (κ1) is 13.6. The van der Waals surface area contributed by atoms with Crippen molar-refractivity contribution in [3.63, 3.8) is 0 Å².